The maximum atomic E-state index is 13.0. The van der Waals surface area contributed by atoms with Crippen molar-refractivity contribution in [3.8, 4) is 6.07 Å². The maximum Gasteiger partial charge on any atom is 0.305 e. The molecule has 1 unspecified atom stereocenters. The summed E-state index contributed by atoms with van der Waals surface area (Å²) in [6.07, 6.45) is 3.61. The van der Waals surface area contributed by atoms with Crippen molar-refractivity contribution < 1.29 is 14.7 Å². The molecule has 2 aliphatic heterocycles. The molecule has 170 valence electrons. The van der Waals surface area contributed by atoms with Crippen LogP contribution in [0.25, 0.3) is 6.08 Å². The second-order valence-corrected chi connectivity index (χ2v) is 9.74. The molecule has 8 nitrogen and oxygen atoms in total. The fourth-order valence-electron chi connectivity index (χ4n) is 4.19. The number of carbonyl (C=O) groups is 2. The number of anilines is 1. The number of thioether (sulfide) groups is 1. The molecule has 32 heavy (non-hydrogen) atoms. The summed E-state index contributed by atoms with van der Waals surface area (Å²) >= 11 is 6.41. The third-order valence-corrected chi connectivity index (χ3v) is 7.20. The monoisotopic (exact) mass is 474 g/mol. The summed E-state index contributed by atoms with van der Waals surface area (Å²) in [7, 11) is 0. The number of carboxylic acid groups (broad SMARTS) is 1. The molecule has 2 fully saturated rings. The molecular weight excluding hydrogens is 448 g/mol. The lowest BCUT2D eigenvalue weighted by atomic mass is 9.98. The number of hydrogen-bond donors (Lipinski definition) is 1. The largest absolute Gasteiger partial charge is 0.481 e. The number of thiocarbonyl (C=S) groups is 1. The van der Waals surface area contributed by atoms with Gasteiger partial charge in [0.1, 0.15) is 21.8 Å². The van der Waals surface area contributed by atoms with Crippen LogP contribution in [0.4, 0.5) is 5.82 Å². The SMILES string of the molecule is CCn1c(N2CCCC(C)C2)c(/C=C2\SC(=S)N(CCC(=O)O)C2=O)c(C)c(C#N)c1=O. The molecule has 1 N–H and O–H groups in total. The van der Waals surface area contributed by atoms with E-state index < -0.39 is 5.97 Å². The Bertz CT molecular complexity index is 1100. The van der Waals surface area contributed by atoms with E-state index >= 15 is 0 Å². The molecule has 3 heterocycles. The fraction of sp³-hybridized carbons (Fsp3) is 0.500. The lowest BCUT2D eigenvalue weighted by molar-refractivity contribution is -0.137. The number of aliphatic carboxylic acids is 1. The number of aromatic nitrogens is 1. The molecule has 0 bridgehead atoms. The van der Waals surface area contributed by atoms with Crippen LogP contribution < -0.4 is 10.5 Å². The van der Waals surface area contributed by atoms with Crippen LogP contribution in [0.1, 0.15) is 49.8 Å². The average molecular weight is 475 g/mol. The molecule has 10 heteroatoms. The summed E-state index contributed by atoms with van der Waals surface area (Å²) in [5, 5.41) is 18.6. The highest BCUT2D eigenvalue weighted by molar-refractivity contribution is 8.26. The molecule has 0 aliphatic carbocycles. The first kappa shape index (κ1) is 24.0. The van der Waals surface area contributed by atoms with Crippen molar-refractivity contribution in [1.82, 2.24) is 9.47 Å². The number of nitriles is 1. The topological polar surface area (TPSA) is 107 Å². The number of pyridine rings is 1. The van der Waals surface area contributed by atoms with Crippen LogP contribution in [0, 0.1) is 24.2 Å². The molecule has 1 aromatic heterocycles. The number of amides is 1. The van der Waals surface area contributed by atoms with Crippen LogP contribution in [0.3, 0.4) is 0 Å². The van der Waals surface area contributed by atoms with Crippen molar-refractivity contribution in [2.75, 3.05) is 24.5 Å². The van der Waals surface area contributed by atoms with Gasteiger partial charge < -0.3 is 10.0 Å². The third-order valence-electron chi connectivity index (χ3n) is 5.82. The summed E-state index contributed by atoms with van der Waals surface area (Å²) in [5.41, 5.74) is 0.933. The highest BCUT2D eigenvalue weighted by atomic mass is 32.2. The lowest BCUT2D eigenvalue weighted by Crippen LogP contribution is -2.40. The molecule has 0 radical (unpaired) electrons. The summed E-state index contributed by atoms with van der Waals surface area (Å²) < 4.78 is 1.92. The van der Waals surface area contributed by atoms with E-state index in [0.717, 1.165) is 43.5 Å². The van der Waals surface area contributed by atoms with Gasteiger partial charge in [-0.3, -0.25) is 23.9 Å². The smallest absolute Gasteiger partial charge is 0.305 e. The summed E-state index contributed by atoms with van der Waals surface area (Å²) in [6, 6.07) is 2.03. The van der Waals surface area contributed by atoms with Gasteiger partial charge in [0.15, 0.2) is 0 Å². The molecule has 1 amide bonds. The third kappa shape index (κ3) is 4.59. The highest BCUT2D eigenvalue weighted by Gasteiger charge is 2.33. The Labute approximate surface area is 196 Å². The number of rotatable bonds is 6. The van der Waals surface area contributed by atoms with Gasteiger partial charge in [-0.05, 0) is 44.2 Å². The number of carbonyl (C=O) groups excluding carboxylic acids is 1. The zero-order valence-electron chi connectivity index (χ0n) is 18.4. The van der Waals surface area contributed by atoms with Crippen LogP contribution in [-0.4, -0.2) is 50.4 Å². The van der Waals surface area contributed by atoms with Gasteiger partial charge >= 0.3 is 5.97 Å². The average Bonchev–Trinajstić information content (AvgIpc) is 3.01. The first-order chi connectivity index (χ1) is 15.2. The van der Waals surface area contributed by atoms with E-state index in [9.17, 15) is 19.6 Å². The van der Waals surface area contributed by atoms with Crippen molar-refractivity contribution in [2.24, 2.45) is 5.92 Å². The number of nitrogens with zero attached hydrogens (tertiary/aromatic N) is 4. The number of hydrogen-bond acceptors (Lipinski definition) is 7. The summed E-state index contributed by atoms with van der Waals surface area (Å²) in [6.45, 7) is 7.74. The quantitative estimate of drug-likeness (QED) is 0.495. The van der Waals surface area contributed by atoms with Gasteiger partial charge in [-0.25, -0.2) is 0 Å². The minimum Gasteiger partial charge on any atom is -0.481 e. The molecule has 2 saturated heterocycles. The molecule has 0 aromatic carbocycles. The molecule has 0 saturated carbocycles. The Morgan fingerprint density at radius 1 is 1.41 bits per heavy atom. The Kier molecular flexibility index (Phi) is 7.41. The number of piperidine rings is 1. The van der Waals surface area contributed by atoms with Crippen LogP contribution in [-0.2, 0) is 16.1 Å². The van der Waals surface area contributed by atoms with Crippen molar-refractivity contribution in [3.05, 3.63) is 31.9 Å². The second-order valence-electron chi connectivity index (χ2n) is 8.07. The Balaban J connectivity index is 2.16. The first-order valence-electron chi connectivity index (χ1n) is 10.6. The van der Waals surface area contributed by atoms with Crippen molar-refractivity contribution in [2.45, 2.75) is 46.6 Å². The van der Waals surface area contributed by atoms with Gasteiger partial charge in [-0.1, -0.05) is 30.9 Å². The van der Waals surface area contributed by atoms with Gasteiger partial charge in [0.2, 0.25) is 0 Å². The van der Waals surface area contributed by atoms with E-state index in [-0.39, 0.29) is 30.0 Å². The minimum absolute atomic E-state index is 0.00468. The molecule has 0 spiro atoms. The van der Waals surface area contributed by atoms with E-state index in [1.165, 1.54) is 4.90 Å². The minimum atomic E-state index is -1.01. The van der Waals surface area contributed by atoms with Crippen LogP contribution in [0.2, 0.25) is 0 Å². The first-order valence-corrected chi connectivity index (χ1v) is 11.8. The van der Waals surface area contributed by atoms with Gasteiger partial charge in [0.25, 0.3) is 11.5 Å². The van der Waals surface area contributed by atoms with Crippen molar-refractivity contribution in [3.63, 3.8) is 0 Å². The maximum absolute atomic E-state index is 13.0. The van der Waals surface area contributed by atoms with Crippen molar-refractivity contribution in [1.29, 1.82) is 5.26 Å². The molecule has 3 rings (SSSR count). The van der Waals surface area contributed by atoms with E-state index in [1.54, 1.807) is 17.6 Å². The Morgan fingerprint density at radius 2 is 2.12 bits per heavy atom. The van der Waals surface area contributed by atoms with E-state index in [4.69, 9.17) is 17.3 Å². The van der Waals surface area contributed by atoms with E-state index in [1.807, 2.05) is 13.0 Å². The highest BCUT2D eigenvalue weighted by Crippen LogP contribution is 2.36. The summed E-state index contributed by atoms with van der Waals surface area (Å²) in [4.78, 5) is 40.8. The van der Waals surface area contributed by atoms with Crippen molar-refractivity contribution >= 4 is 52.1 Å². The zero-order chi connectivity index (χ0) is 23.6. The van der Waals surface area contributed by atoms with Gasteiger partial charge in [-0.2, -0.15) is 5.26 Å². The number of carboxylic acids is 1. The van der Waals surface area contributed by atoms with Gasteiger partial charge in [-0.15, -0.1) is 0 Å². The molecule has 1 aromatic rings. The van der Waals surface area contributed by atoms with E-state index in [0.29, 0.717) is 32.8 Å². The molecular formula is C22H26N4O4S2. The van der Waals surface area contributed by atoms with Crippen LogP contribution >= 0.6 is 24.0 Å². The lowest BCUT2D eigenvalue weighted by Gasteiger charge is -2.35. The molecule has 1 atom stereocenters. The van der Waals surface area contributed by atoms with Crippen LogP contribution in [0.5, 0.6) is 0 Å². The predicted octanol–water partition coefficient (Wildman–Crippen LogP) is 2.96. The normalized spacial score (nSPS) is 20.2. The second kappa shape index (κ2) is 9.88. The predicted molar refractivity (Wildman–Crippen MR) is 129 cm³/mol. The standard InChI is InChI=1S/C22H26N4O4S2/c1-4-25-19(24-8-5-6-13(2)12-24)15(14(3)16(11-23)20(25)29)10-17-21(30)26(22(31)32-17)9-7-18(27)28/h10,13H,4-9,12H2,1-3H3,(H,27,28)/b17-10-. The Morgan fingerprint density at radius 3 is 2.72 bits per heavy atom. The Hall–Kier alpha value is -2.64. The fourth-order valence-corrected chi connectivity index (χ4v) is 5.48. The van der Waals surface area contributed by atoms with Gasteiger partial charge in [0, 0.05) is 31.7 Å². The molecule has 2 aliphatic rings. The van der Waals surface area contributed by atoms with E-state index in [2.05, 4.69) is 11.8 Å². The van der Waals surface area contributed by atoms with Crippen LogP contribution in [0.15, 0.2) is 9.70 Å². The summed E-state index contributed by atoms with van der Waals surface area (Å²) in [5.74, 6) is -0.182. The zero-order valence-corrected chi connectivity index (χ0v) is 20.0. The van der Waals surface area contributed by atoms with Gasteiger partial charge in [0.05, 0.1) is 11.3 Å².